The number of anilines is 1. The van der Waals surface area contributed by atoms with Gasteiger partial charge in [-0.15, -0.1) is 0 Å². The fourth-order valence-electron chi connectivity index (χ4n) is 3.79. The van der Waals surface area contributed by atoms with E-state index in [4.69, 9.17) is 21.1 Å². The molecule has 1 aromatic heterocycles. The van der Waals surface area contributed by atoms with Crippen molar-refractivity contribution in [3.05, 3.63) is 80.0 Å². The lowest BCUT2D eigenvalue weighted by molar-refractivity contribution is -0.385. The van der Waals surface area contributed by atoms with Crippen molar-refractivity contribution in [1.82, 2.24) is 19.6 Å². The summed E-state index contributed by atoms with van der Waals surface area (Å²) in [6.45, 7) is 2.36. The number of nitrogens with zero attached hydrogens (tertiary/aromatic N) is 5. The normalized spacial score (nSPS) is 10.5. The monoisotopic (exact) mass is 708 g/mol. The molecule has 0 fully saturated rings. The molecule has 13 nitrogen and oxygen atoms in total. The SMILES string of the molecule is CCCCCCCCN(SN(C(=O)NC(=O)c1ccccc1[N+](=O)[O-])c1ccc(Oc2ncc(Br)cn2)c(Cl)c1)C(=O)OC. The molecule has 0 saturated heterocycles. The smallest absolute Gasteiger partial charge is 0.420 e. The largest absolute Gasteiger partial charge is 0.452 e. The molecule has 0 bridgehead atoms. The topological polar surface area (TPSA) is 157 Å². The number of para-hydroxylation sites is 1. The number of benzene rings is 2. The minimum atomic E-state index is -1.01. The number of ether oxygens (including phenoxy) is 2. The molecule has 2 aromatic carbocycles. The second kappa shape index (κ2) is 17.4. The van der Waals surface area contributed by atoms with E-state index in [9.17, 15) is 24.5 Å². The average Bonchev–Trinajstić information content (AvgIpc) is 3.01. The van der Waals surface area contributed by atoms with Crippen LogP contribution in [-0.2, 0) is 4.74 Å². The summed E-state index contributed by atoms with van der Waals surface area (Å²) in [6.07, 6.45) is 8.03. The van der Waals surface area contributed by atoms with Gasteiger partial charge in [-0.3, -0.25) is 20.2 Å². The van der Waals surface area contributed by atoms with Gasteiger partial charge in [0.15, 0.2) is 0 Å². The van der Waals surface area contributed by atoms with Crippen LogP contribution in [-0.4, -0.2) is 50.9 Å². The van der Waals surface area contributed by atoms with Crippen molar-refractivity contribution in [1.29, 1.82) is 0 Å². The number of amides is 4. The lowest BCUT2D eigenvalue weighted by atomic mass is 10.1. The van der Waals surface area contributed by atoms with E-state index in [0.717, 1.165) is 42.5 Å². The van der Waals surface area contributed by atoms with Gasteiger partial charge in [-0.05, 0) is 46.6 Å². The highest BCUT2D eigenvalue weighted by Crippen LogP contribution is 2.35. The van der Waals surface area contributed by atoms with Crippen LogP contribution in [0.25, 0.3) is 0 Å². The number of hydrogen-bond acceptors (Lipinski definition) is 10. The lowest BCUT2D eigenvalue weighted by Gasteiger charge is -2.28. The fourth-order valence-corrected chi connectivity index (χ4v) is 5.09. The van der Waals surface area contributed by atoms with Crippen molar-refractivity contribution in [2.75, 3.05) is 18.0 Å². The second-order valence-electron chi connectivity index (χ2n) is 9.15. The summed E-state index contributed by atoms with van der Waals surface area (Å²) in [5.41, 5.74) is -0.631. The number of aromatic nitrogens is 2. The summed E-state index contributed by atoms with van der Waals surface area (Å²) >= 11 is 10.4. The molecule has 16 heteroatoms. The maximum Gasteiger partial charge on any atom is 0.420 e. The highest BCUT2D eigenvalue weighted by Gasteiger charge is 2.29. The summed E-state index contributed by atoms with van der Waals surface area (Å²) in [4.78, 5) is 58.1. The van der Waals surface area contributed by atoms with Crippen LogP contribution in [0.15, 0.2) is 59.3 Å². The molecule has 0 radical (unpaired) electrons. The van der Waals surface area contributed by atoms with Gasteiger partial charge in [-0.2, -0.15) is 0 Å². The van der Waals surface area contributed by atoms with Crippen LogP contribution in [0, 0.1) is 10.1 Å². The third-order valence-corrected chi connectivity index (χ3v) is 7.74. The Kier molecular flexibility index (Phi) is 13.6. The zero-order chi connectivity index (χ0) is 32.1. The van der Waals surface area contributed by atoms with Gasteiger partial charge in [0.1, 0.15) is 11.3 Å². The Morgan fingerprint density at radius 1 is 1.07 bits per heavy atom. The Morgan fingerprint density at radius 3 is 2.41 bits per heavy atom. The zero-order valence-corrected chi connectivity index (χ0v) is 27.1. The van der Waals surface area contributed by atoms with Crippen LogP contribution in [0.4, 0.5) is 21.0 Å². The molecule has 0 aliphatic rings. The van der Waals surface area contributed by atoms with Crippen molar-refractivity contribution < 1.29 is 28.8 Å². The minimum absolute atomic E-state index is 0.0256. The summed E-state index contributed by atoms with van der Waals surface area (Å²) in [5.74, 6) is -0.831. The van der Waals surface area contributed by atoms with Crippen molar-refractivity contribution in [3.63, 3.8) is 0 Å². The van der Waals surface area contributed by atoms with Crippen molar-refractivity contribution in [2.45, 2.75) is 45.4 Å². The molecule has 0 atom stereocenters. The van der Waals surface area contributed by atoms with Crippen LogP contribution in [0.2, 0.25) is 5.02 Å². The number of carbonyl (C=O) groups excluding carboxylic acids is 3. The molecule has 44 heavy (non-hydrogen) atoms. The van der Waals surface area contributed by atoms with Crippen LogP contribution < -0.4 is 14.4 Å². The number of hydrogen-bond donors (Lipinski definition) is 1. The molecule has 0 aliphatic heterocycles. The Hall–Kier alpha value is -3.95. The number of halogens is 2. The first-order chi connectivity index (χ1) is 21.1. The number of imide groups is 1. The standard InChI is InChI=1S/C28H30BrClN6O7S/c1-3-4-5-6-7-10-15-34(28(39)42-2)44-35(27(38)33-25(37)21-11-8-9-12-23(21)36(40)41)20-13-14-24(22(30)16-20)43-26-31-17-19(29)18-32-26/h8-9,11-14,16-18H,3-7,10,15H2,1-2H3,(H,33,37,38). The van der Waals surface area contributed by atoms with Crippen molar-refractivity contribution in [3.8, 4) is 11.8 Å². The van der Waals surface area contributed by atoms with Gasteiger partial charge in [0.25, 0.3) is 11.6 Å². The number of unbranched alkanes of at least 4 members (excludes halogenated alkanes) is 5. The van der Waals surface area contributed by atoms with Crippen LogP contribution >= 0.6 is 39.7 Å². The molecule has 3 rings (SSSR count). The van der Waals surface area contributed by atoms with Gasteiger partial charge in [0.2, 0.25) is 0 Å². The van der Waals surface area contributed by atoms with Gasteiger partial charge < -0.3 is 9.47 Å². The molecule has 0 aliphatic carbocycles. The fraction of sp³-hybridized carbons (Fsp3) is 0.321. The van der Waals surface area contributed by atoms with Gasteiger partial charge in [-0.1, -0.05) is 62.8 Å². The van der Waals surface area contributed by atoms with Crippen LogP contribution in [0.1, 0.15) is 55.8 Å². The number of carbonyl (C=O) groups is 3. The second-order valence-corrected chi connectivity index (χ2v) is 11.4. The van der Waals surface area contributed by atoms with Gasteiger partial charge >= 0.3 is 18.1 Å². The molecule has 1 N–H and O–H groups in total. The van der Waals surface area contributed by atoms with E-state index < -0.39 is 28.6 Å². The van der Waals surface area contributed by atoms with E-state index in [-0.39, 0.29) is 34.6 Å². The number of nitrogens with one attached hydrogen (secondary N) is 1. The molecule has 234 valence electrons. The molecule has 0 saturated carbocycles. The third kappa shape index (κ3) is 10.1. The zero-order valence-electron chi connectivity index (χ0n) is 23.9. The maximum absolute atomic E-state index is 13.5. The minimum Gasteiger partial charge on any atom is -0.452 e. The van der Waals surface area contributed by atoms with Gasteiger partial charge in [0.05, 0.1) is 39.3 Å². The van der Waals surface area contributed by atoms with Gasteiger partial charge in [0, 0.05) is 25.0 Å². The molecule has 0 spiro atoms. The quantitative estimate of drug-likeness (QED) is 0.0754. The summed E-state index contributed by atoms with van der Waals surface area (Å²) < 4.78 is 13.5. The number of urea groups is 1. The van der Waals surface area contributed by atoms with E-state index in [1.807, 2.05) is 0 Å². The first-order valence-corrected chi connectivity index (χ1v) is 15.4. The number of methoxy groups -OCH3 is 1. The number of nitro groups is 1. The first-order valence-electron chi connectivity index (χ1n) is 13.5. The van der Waals surface area contributed by atoms with Crippen molar-refractivity contribution >= 4 is 69.1 Å². The Bertz CT molecular complexity index is 1470. The highest BCUT2D eigenvalue weighted by atomic mass is 79.9. The van der Waals surface area contributed by atoms with Gasteiger partial charge in [-0.25, -0.2) is 28.2 Å². The molecular weight excluding hydrogens is 680 g/mol. The molecule has 4 amide bonds. The Morgan fingerprint density at radius 2 is 1.75 bits per heavy atom. The molecular formula is C28H30BrClN6O7S. The van der Waals surface area contributed by atoms with Crippen molar-refractivity contribution in [2.24, 2.45) is 0 Å². The maximum atomic E-state index is 13.5. The van der Waals surface area contributed by atoms with E-state index in [0.29, 0.717) is 23.0 Å². The summed E-state index contributed by atoms with van der Waals surface area (Å²) in [5, 5.41) is 13.7. The summed E-state index contributed by atoms with van der Waals surface area (Å²) in [6, 6.07) is 8.58. The third-order valence-electron chi connectivity index (χ3n) is 5.97. The summed E-state index contributed by atoms with van der Waals surface area (Å²) in [7, 11) is 1.22. The Labute approximate surface area is 271 Å². The average molecular weight is 710 g/mol. The predicted octanol–water partition coefficient (Wildman–Crippen LogP) is 7.94. The van der Waals surface area contributed by atoms with E-state index in [1.165, 1.54) is 60.2 Å². The van der Waals surface area contributed by atoms with E-state index in [2.05, 4.69) is 38.1 Å². The molecule has 0 unspecified atom stereocenters. The van der Waals surface area contributed by atoms with Crippen LogP contribution in [0.5, 0.6) is 11.8 Å². The van der Waals surface area contributed by atoms with E-state index >= 15 is 0 Å². The molecule has 1 heterocycles. The molecule has 3 aromatic rings. The predicted molar refractivity (Wildman–Crippen MR) is 170 cm³/mol. The van der Waals surface area contributed by atoms with Crippen LogP contribution in [0.3, 0.4) is 0 Å². The van der Waals surface area contributed by atoms with E-state index in [1.54, 1.807) is 0 Å². The number of nitro benzene ring substituents is 1. The Balaban J connectivity index is 1.89. The first kappa shape index (κ1) is 34.5. The highest BCUT2D eigenvalue weighted by molar-refractivity contribution is 9.10. The lowest BCUT2D eigenvalue weighted by Crippen LogP contribution is -2.42. The number of rotatable bonds is 14.